The lowest BCUT2D eigenvalue weighted by atomic mass is 10.2. The molecule has 0 fully saturated rings. The highest BCUT2D eigenvalue weighted by Crippen LogP contribution is 2.19. The molecule has 0 saturated carbocycles. The van der Waals surface area contributed by atoms with Crippen LogP contribution in [0, 0.1) is 17.5 Å². The highest BCUT2D eigenvalue weighted by molar-refractivity contribution is 5.93. The van der Waals surface area contributed by atoms with Gasteiger partial charge in [0.2, 0.25) is 0 Å². The fraction of sp³-hybridized carbons (Fsp3) is 0.278. The number of likely N-dealkylation sites (N-methyl/N-ethyl adjacent to an activating group) is 1. The smallest absolute Gasteiger partial charge is 0.282 e. The first kappa shape index (κ1) is 18.8. The summed E-state index contributed by atoms with van der Waals surface area (Å²) in [6, 6.07) is 10.5. The summed E-state index contributed by atoms with van der Waals surface area (Å²) in [5.74, 6) is -4.09. The van der Waals surface area contributed by atoms with Crippen LogP contribution < -0.4 is 15.0 Å². The molecule has 1 amide bonds. The maximum Gasteiger partial charge on any atom is 0.282 e. The molecule has 0 aliphatic rings. The Morgan fingerprint density at radius 1 is 1.12 bits per heavy atom. The lowest BCUT2D eigenvalue weighted by Gasteiger charge is -2.21. The number of rotatable bonds is 7. The summed E-state index contributed by atoms with van der Waals surface area (Å²) < 4.78 is 45.3. The van der Waals surface area contributed by atoms with Crippen LogP contribution in [-0.2, 0) is 4.79 Å². The zero-order valence-electron chi connectivity index (χ0n) is 14.0. The largest absolute Gasteiger partial charge is 0.488 e. The van der Waals surface area contributed by atoms with E-state index in [1.807, 2.05) is 30.3 Å². The predicted octanol–water partition coefficient (Wildman–Crippen LogP) is 2.02. The van der Waals surface area contributed by atoms with Crippen LogP contribution in [0.4, 0.5) is 18.9 Å². The number of halogens is 3. The van der Waals surface area contributed by atoms with Crippen LogP contribution in [-0.4, -0.2) is 32.1 Å². The highest BCUT2D eigenvalue weighted by atomic mass is 19.2. The van der Waals surface area contributed by atoms with E-state index in [1.165, 1.54) is 0 Å². The molecule has 4 nitrogen and oxygen atoms in total. The molecule has 7 heteroatoms. The number of ether oxygens (including phenoxy) is 1. The van der Waals surface area contributed by atoms with Crippen molar-refractivity contribution in [1.82, 2.24) is 0 Å². The van der Waals surface area contributed by atoms with E-state index in [4.69, 9.17) is 4.74 Å². The zero-order valence-corrected chi connectivity index (χ0v) is 14.0. The van der Waals surface area contributed by atoms with Crippen molar-refractivity contribution in [1.29, 1.82) is 0 Å². The molecule has 0 heterocycles. The molecule has 2 atom stereocenters. The van der Waals surface area contributed by atoms with Gasteiger partial charge in [0.15, 0.2) is 23.5 Å². The third-order valence-corrected chi connectivity index (χ3v) is 3.93. The van der Waals surface area contributed by atoms with Gasteiger partial charge in [0.25, 0.3) is 5.91 Å². The quantitative estimate of drug-likeness (QED) is 0.748. The molecule has 134 valence electrons. The summed E-state index contributed by atoms with van der Waals surface area (Å²) >= 11 is 0. The Labute approximate surface area is 144 Å². The molecular formula is C18H20F3N2O2+. The third-order valence-electron chi connectivity index (χ3n) is 3.93. The standard InChI is InChI=1S/C18H19F3N2O2/c1-12(23(2)10-11-25-13-6-4-3-5-7-13)18(24)22-15-9-8-14(19)16(20)17(15)21/h3-9,12H,10-11H2,1-2H3,(H,22,24)/p+1/t12-/m0/s1. The number of hydrogen-bond acceptors (Lipinski definition) is 2. The third kappa shape index (κ3) is 4.96. The van der Waals surface area contributed by atoms with E-state index in [0.29, 0.717) is 13.2 Å². The lowest BCUT2D eigenvalue weighted by Crippen LogP contribution is -3.14. The Morgan fingerprint density at radius 2 is 1.80 bits per heavy atom. The monoisotopic (exact) mass is 353 g/mol. The van der Waals surface area contributed by atoms with Gasteiger partial charge in [-0.25, -0.2) is 13.2 Å². The van der Waals surface area contributed by atoms with Crippen LogP contribution in [0.15, 0.2) is 42.5 Å². The van der Waals surface area contributed by atoms with E-state index in [9.17, 15) is 18.0 Å². The molecule has 0 aliphatic carbocycles. The normalized spacial score (nSPS) is 13.2. The van der Waals surface area contributed by atoms with Crippen molar-refractivity contribution in [3.63, 3.8) is 0 Å². The summed E-state index contributed by atoms with van der Waals surface area (Å²) in [4.78, 5) is 13.0. The molecule has 0 spiro atoms. The van der Waals surface area contributed by atoms with Gasteiger partial charge in [0.05, 0.1) is 12.7 Å². The second-order valence-electron chi connectivity index (χ2n) is 5.69. The first-order chi connectivity index (χ1) is 11.9. The van der Waals surface area contributed by atoms with Gasteiger partial charge in [0.1, 0.15) is 18.9 Å². The molecule has 25 heavy (non-hydrogen) atoms. The van der Waals surface area contributed by atoms with Gasteiger partial charge in [-0.15, -0.1) is 0 Å². The molecule has 0 radical (unpaired) electrons. The van der Waals surface area contributed by atoms with Crippen LogP contribution >= 0.6 is 0 Å². The Hall–Kier alpha value is -2.54. The molecule has 0 aromatic heterocycles. The average molecular weight is 353 g/mol. The van der Waals surface area contributed by atoms with E-state index < -0.39 is 29.4 Å². The Bertz CT molecular complexity index is 726. The van der Waals surface area contributed by atoms with Crippen molar-refractivity contribution in [2.24, 2.45) is 0 Å². The van der Waals surface area contributed by atoms with Crippen molar-refractivity contribution in [2.45, 2.75) is 13.0 Å². The first-order valence-electron chi connectivity index (χ1n) is 7.84. The second-order valence-corrected chi connectivity index (χ2v) is 5.69. The molecule has 1 unspecified atom stereocenters. The Kier molecular flexibility index (Phi) is 6.41. The zero-order chi connectivity index (χ0) is 18.4. The molecule has 2 aromatic rings. The Morgan fingerprint density at radius 3 is 2.48 bits per heavy atom. The minimum Gasteiger partial charge on any atom is -0.488 e. The summed E-state index contributed by atoms with van der Waals surface area (Å²) in [6.07, 6.45) is 0. The van der Waals surface area contributed by atoms with Crippen LogP contribution in [0.25, 0.3) is 0 Å². The molecule has 0 bridgehead atoms. The second kappa shape index (κ2) is 8.53. The van der Waals surface area contributed by atoms with Crippen molar-refractivity contribution >= 4 is 11.6 Å². The van der Waals surface area contributed by atoms with E-state index >= 15 is 0 Å². The van der Waals surface area contributed by atoms with Crippen molar-refractivity contribution in [2.75, 3.05) is 25.5 Å². The van der Waals surface area contributed by atoms with Gasteiger partial charge in [-0.1, -0.05) is 18.2 Å². The van der Waals surface area contributed by atoms with Gasteiger partial charge < -0.3 is 15.0 Å². The fourth-order valence-corrected chi connectivity index (χ4v) is 2.15. The number of carbonyl (C=O) groups is 1. The number of anilines is 1. The van der Waals surface area contributed by atoms with Crippen LogP contribution in [0.5, 0.6) is 5.75 Å². The van der Waals surface area contributed by atoms with Crippen molar-refractivity contribution in [3.8, 4) is 5.75 Å². The molecule has 0 aliphatic heterocycles. The maximum absolute atomic E-state index is 13.6. The van der Waals surface area contributed by atoms with Gasteiger partial charge in [-0.3, -0.25) is 4.79 Å². The molecule has 0 saturated heterocycles. The number of benzene rings is 2. The van der Waals surface area contributed by atoms with E-state index in [0.717, 1.165) is 22.8 Å². The minimum absolute atomic E-state index is 0.385. The van der Waals surface area contributed by atoms with E-state index in [-0.39, 0.29) is 5.69 Å². The molecular weight excluding hydrogens is 333 g/mol. The lowest BCUT2D eigenvalue weighted by molar-refractivity contribution is -0.894. The van der Waals surface area contributed by atoms with Crippen LogP contribution in [0.2, 0.25) is 0 Å². The van der Waals surface area contributed by atoms with Crippen LogP contribution in [0.3, 0.4) is 0 Å². The number of hydrogen-bond donors (Lipinski definition) is 2. The number of quaternary nitrogens is 1. The molecule has 2 rings (SSSR count). The number of para-hydroxylation sites is 1. The summed E-state index contributed by atoms with van der Waals surface area (Å²) in [7, 11) is 1.79. The number of nitrogens with one attached hydrogen (secondary N) is 2. The van der Waals surface area contributed by atoms with Gasteiger partial charge in [-0.05, 0) is 31.2 Å². The predicted molar refractivity (Wildman–Crippen MR) is 88.1 cm³/mol. The van der Waals surface area contributed by atoms with Gasteiger partial charge in [-0.2, -0.15) is 0 Å². The Balaban J connectivity index is 1.87. The topological polar surface area (TPSA) is 42.8 Å². The maximum atomic E-state index is 13.6. The molecule has 2 aromatic carbocycles. The minimum atomic E-state index is -1.61. The highest BCUT2D eigenvalue weighted by Gasteiger charge is 2.24. The first-order valence-corrected chi connectivity index (χ1v) is 7.84. The number of amides is 1. The summed E-state index contributed by atoms with van der Waals surface area (Å²) in [5, 5.41) is 2.28. The summed E-state index contributed by atoms with van der Waals surface area (Å²) in [5.41, 5.74) is -0.385. The number of carbonyl (C=O) groups excluding carboxylic acids is 1. The van der Waals surface area contributed by atoms with Crippen molar-refractivity contribution in [3.05, 3.63) is 59.9 Å². The SMILES string of the molecule is C[C@@H](C(=O)Nc1ccc(F)c(F)c1F)[NH+](C)CCOc1ccccc1. The summed E-state index contributed by atoms with van der Waals surface area (Å²) in [6.45, 7) is 2.59. The van der Waals surface area contributed by atoms with E-state index in [1.54, 1.807) is 14.0 Å². The van der Waals surface area contributed by atoms with Crippen LogP contribution in [0.1, 0.15) is 6.92 Å². The van der Waals surface area contributed by atoms with Gasteiger partial charge in [0, 0.05) is 0 Å². The van der Waals surface area contributed by atoms with E-state index in [2.05, 4.69) is 5.32 Å². The fourth-order valence-electron chi connectivity index (χ4n) is 2.15. The van der Waals surface area contributed by atoms with Crippen molar-refractivity contribution < 1.29 is 27.6 Å². The average Bonchev–Trinajstić information content (AvgIpc) is 2.62. The molecule has 2 N–H and O–H groups in total. The van der Waals surface area contributed by atoms with Gasteiger partial charge >= 0.3 is 0 Å².